The molecule has 1 aromatic heterocycles. The van der Waals surface area contributed by atoms with E-state index < -0.39 is 10.8 Å². The fourth-order valence-electron chi connectivity index (χ4n) is 2.19. The molecule has 0 saturated heterocycles. The lowest BCUT2D eigenvalue weighted by molar-refractivity contribution is -0.384. The van der Waals surface area contributed by atoms with Gasteiger partial charge >= 0.3 is 0 Å². The van der Waals surface area contributed by atoms with Crippen molar-refractivity contribution in [2.45, 2.75) is 6.92 Å². The van der Waals surface area contributed by atoms with E-state index >= 15 is 0 Å². The zero-order valence-corrected chi connectivity index (χ0v) is 13.7. The standard InChI is InChI=1S/C17H14N4O5/c1-11-2-5-13(21(23)24)8-15(11)19-16(22)9-25-14-6-3-12(4-7-14)17-20-18-10-26-17/h2-8,10H,9H2,1H3,(H,19,22). The van der Waals surface area contributed by atoms with Gasteiger partial charge in [0.1, 0.15) is 5.75 Å². The molecule has 0 radical (unpaired) electrons. The summed E-state index contributed by atoms with van der Waals surface area (Å²) in [4.78, 5) is 22.3. The third kappa shape index (κ3) is 4.01. The first-order valence-electron chi connectivity index (χ1n) is 7.57. The minimum atomic E-state index is -0.517. The zero-order valence-electron chi connectivity index (χ0n) is 13.7. The summed E-state index contributed by atoms with van der Waals surface area (Å²) < 4.78 is 10.5. The predicted molar refractivity (Wildman–Crippen MR) is 91.7 cm³/mol. The Balaban J connectivity index is 1.59. The number of nitrogens with one attached hydrogen (secondary N) is 1. The number of benzene rings is 2. The van der Waals surface area contributed by atoms with E-state index in [0.717, 1.165) is 5.56 Å². The Morgan fingerprint density at radius 1 is 1.27 bits per heavy atom. The summed E-state index contributed by atoms with van der Waals surface area (Å²) in [7, 11) is 0. The second kappa shape index (κ2) is 7.43. The zero-order chi connectivity index (χ0) is 18.5. The summed E-state index contributed by atoms with van der Waals surface area (Å²) in [6.07, 6.45) is 1.24. The first-order chi connectivity index (χ1) is 12.5. The molecule has 0 fully saturated rings. The summed E-state index contributed by atoms with van der Waals surface area (Å²) in [5.41, 5.74) is 1.72. The lowest BCUT2D eigenvalue weighted by Crippen LogP contribution is -2.20. The van der Waals surface area contributed by atoms with Crippen LogP contribution in [0.3, 0.4) is 0 Å². The quantitative estimate of drug-likeness (QED) is 0.533. The number of nitro groups is 1. The van der Waals surface area contributed by atoms with Crippen molar-refractivity contribution in [3.05, 3.63) is 64.5 Å². The molecule has 9 heteroatoms. The Morgan fingerprint density at radius 2 is 2.04 bits per heavy atom. The first-order valence-corrected chi connectivity index (χ1v) is 7.57. The van der Waals surface area contributed by atoms with Gasteiger partial charge in [0.2, 0.25) is 12.3 Å². The molecule has 1 N–H and O–H groups in total. The molecule has 132 valence electrons. The monoisotopic (exact) mass is 354 g/mol. The SMILES string of the molecule is Cc1ccc([N+](=O)[O-])cc1NC(=O)COc1ccc(-c2nnco2)cc1. The van der Waals surface area contributed by atoms with Crippen LogP contribution in [0.1, 0.15) is 5.56 Å². The highest BCUT2D eigenvalue weighted by atomic mass is 16.6. The van der Waals surface area contributed by atoms with Gasteiger partial charge in [0.25, 0.3) is 11.6 Å². The van der Waals surface area contributed by atoms with Gasteiger partial charge in [-0.25, -0.2) is 0 Å². The largest absolute Gasteiger partial charge is 0.484 e. The van der Waals surface area contributed by atoms with E-state index in [2.05, 4.69) is 15.5 Å². The number of hydrogen-bond donors (Lipinski definition) is 1. The number of amides is 1. The molecule has 3 rings (SSSR count). The first kappa shape index (κ1) is 17.1. The number of aryl methyl sites for hydroxylation is 1. The van der Waals surface area contributed by atoms with Crippen molar-refractivity contribution >= 4 is 17.3 Å². The number of anilines is 1. The number of nitrogens with zero attached hydrogens (tertiary/aromatic N) is 3. The van der Waals surface area contributed by atoms with E-state index in [-0.39, 0.29) is 12.3 Å². The van der Waals surface area contributed by atoms with Crippen LogP contribution in [0, 0.1) is 17.0 Å². The Bertz CT molecular complexity index is 923. The Morgan fingerprint density at radius 3 is 2.69 bits per heavy atom. The van der Waals surface area contributed by atoms with Crippen molar-refractivity contribution in [2.24, 2.45) is 0 Å². The van der Waals surface area contributed by atoms with E-state index in [1.807, 2.05) is 0 Å². The molecule has 0 bridgehead atoms. The normalized spacial score (nSPS) is 10.3. The van der Waals surface area contributed by atoms with Crippen LogP contribution in [0.25, 0.3) is 11.5 Å². The number of carbonyl (C=O) groups is 1. The van der Waals surface area contributed by atoms with Gasteiger partial charge in [-0.2, -0.15) is 0 Å². The number of aromatic nitrogens is 2. The molecule has 0 aliphatic carbocycles. The lowest BCUT2D eigenvalue weighted by Gasteiger charge is -2.09. The predicted octanol–water partition coefficient (Wildman–Crippen LogP) is 2.97. The maximum Gasteiger partial charge on any atom is 0.271 e. The molecule has 0 spiro atoms. The van der Waals surface area contributed by atoms with Crippen LogP contribution < -0.4 is 10.1 Å². The third-order valence-corrected chi connectivity index (χ3v) is 3.54. The number of rotatable bonds is 6. The number of carbonyl (C=O) groups excluding carboxylic acids is 1. The molecule has 0 aliphatic rings. The van der Waals surface area contributed by atoms with E-state index in [0.29, 0.717) is 22.9 Å². The molecule has 0 atom stereocenters. The third-order valence-electron chi connectivity index (χ3n) is 3.54. The summed E-state index contributed by atoms with van der Waals surface area (Å²) in [5.74, 6) is 0.448. The van der Waals surface area contributed by atoms with E-state index in [1.165, 1.54) is 18.5 Å². The number of hydrogen-bond acceptors (Lipinski definition) is 7. The second-order valence-electron chi connectivity index (χ2n) is 5.36. The minimum Gasteiger partial charge on any atom is -0.484 e. The molecule has 3 aromatic rings. The van der Waals surface area contributed by atoms with Gasteiger partial charge in [-0.15, -0.1) is 10.2 Å². The smallest absolute Gasteiger partial charge is 0.271 e. The van der Waals surface area contributed by atoms with Crippen LogP contribution in [0.2, 0.25) is 0 Å². The molecule has 26 heavy (non-hydrogen) atoms. The van der Waals surface area contributed by atoms with Crippen molar-refractivity contribution in [3.63, 3.8) is 0 Å². The van der Waals surface area contributed by atoms with Gasteiger partial charge in [-0.05, 0) is 36.8 Å². The Kier molecular flexibility index (Phi) is 4.88. The molecular weight excluding hydrogens is 340 g/mol. The van der Waals surface area contributed by atoms with E-state index in [1.54, 1.807) is 37.3 Å². The van der Waals surface area contributed by atoms with Crippen LogP contribution in [-0.2, 0) is 4.79 Å². The van der Waals surface area contributed by atoms with Crippen LogP contribution in [0.4, 0.5) is 11.4 Å². The maximum atomic E-state index is 12.0. The minimum absolute atomic E-state index is 0.0940. The van der Waals surface area contributed by atoms with Crippen molar-refractivity contribution in [1.82, 2.24) is 10.2 Å². The molecule has 1 heterocycles. The molecule has 2 aromatic carbocycles. The van der Waals surface area contributed by atoms with Gasteiger partial charge in [-0.3, -0.25) is 14.9 Å². The highest BCUT2D eigenvalue weighted by molar-refractivity contribution is 5.93. The van der Waals surface area contributed by atoms with Crippen LogP contribution in [0.15, 0.2) is 53.3 Å². The topological polar surface area (TPSA) is 120 Å². The average molecular weight is 354 g/mol. The van der Waals surface area contributed by atoms with Gasteiger partial charge < -0.3 is 14.5 Å². The van der Waals surface area contributed by atoms with Gasteiger partial charge in [-0.1, -0.05) is 6.07 Å². The van der Waals surface area contributed by atoms with E-state index in [9.17, 15) is 14.9 Å². The second-order valence-corrected chi connectivity index (χ2v) is 5.36. The number of ether oxygens (including phenoxy) is 1. The summed E-state index contributed by atoms with van der Waals surface area (Å²) in [6.45, 7) is 1.51. The van der Waals surface area contributed by atoms with Crippen LogP contribution >= 0.6 is 0 Å². The van der Waals surface area contributed by atoms with Gasteiger partial charge in [0, 0.05) is 17.7 Å². The number of nitro benzene ring substituents is 1. The Hall–Kier alpha value is -3.75. The maximum absolute atomic E-state index is 12.0. The van der Waals surface area contributed by atoms with Crippen molar-refractivity contribution < 1.29 is 18.9 Å². The van der Waals surface area contributed by atoms with Crippen molar-refractivity contribution in [3.8, 4) is 17.2 Å². The lowest BCUT2D eigenvalue weighted by atomic mass is 10.2. The molecule has 9 nitrogen and oxygen atoms in total. The van der Waals surface area contributed by atoms with E-state index in [4.69, 9.17) is 9.15 Å². The van der Waals surface area contributed by atoms with Gasteiger partial charge in [0.05, 0.1) is 10.6 Å². The highest BCUT2D eigenvalue weighted by Gasteiger charge is 2.12. The summed E-state index contributed by atoms with van der Waals surface area (Å²) >= 11 is 0. The van der Waals surface area contributed by atoms with Crippen LogP contribution in [0.5, 0.6) is 5.75 Å². The summed E-state index contributed by atoms with van der Waals surface area (Å²) in [5, 5.41) is 20.8. The van der Waals surface area contributed by atoms with Gasteiger partial charge in [0.15, 0.2) is 6.61 Å². The molecule has 0 saturated carbocycles. The van der Waals surface area contributed by atoms with Crippen molar-refractivity contribution in [2.75, 3.05) is 11.9 Å². The molecular formula is C17H14N4O5. The average Bonchev–Trinajstić information content (AvgIpc) is 3.17. The highest BCUT2D eigenvalue weighted by Crippen LogP contribution is 2.22. The molecule has 1 amide bonds. The van der Waals surface area contributed by atoms with Crippen LogP contribution in [-0.4, -0.2) is 27.6 Å². The fraction of sp³-hybridized carbons (Fsp3) is 0.118. The van der Waals surface area contributed by atoms with Crippen molar-refractivity contribution in [1.29, 1.82) is 0 Å². The molecule has 0 aliphatic heterocycles. The Labute approximate surface area is 147 Å². The molecule has 0 unspecified atom stereocenters. The summed E-state index contributed by atoms with van der Waals surface area (Å²) in [6, 6.07) is 11.1. The fourth-order valence-corrected chi connectivity index (χ4v) is 2.19. The number of non-ortho nitro benzene ring substituents is 1.